The van der Waals surface area contributed by atoms with E-state index in [2.05, 4.69) is 15.5 Å². The van der Waals surface area contributed by atoms with Gasteiger partial charge in [0.15, 0.2) is 0 Å². The Labute approximate surface area is 218 Å². The van der Waals surface area contributed by atoms with Crippen LogP contribution in [0.3, 0.4) is 0 Å². The highest BCUT2D eigenvalue weighted by molar-refractivity contribution is 6.32. The fraction of sp³-hybridized carbons (Fsp3) is 0.346. The van der Waals surface area contributed by atoms with Crippen LogP contribution in [-0.4, -0.2) is 57.5 Å². The van der Waals surface area contributed by atoms with Gasteiger partial charge in [-0.1, -0.05) is 59.9 Å². The van der Waals surface area contributed by atoms with Gasteiger partial charge in [-0.15, -0.1) is 0 Å². The Balaban J connectivity index is 1.33. The van der Waals surface area contributed by atoms with Crippen LogP contribution in [0.1, 0.15) is 31.6 Å². The molecule has 2 aliphatic rings. The number of fused-ring (bicyclic) bond motifs is 1. The third-order valence-corrected chi connectivity index (χ3v) is 7.03. The van der Waals surface area contributed by atoms with Crippen LogP contribution < -0.4 is 10.1 Å². The number of methoxy groups -OCH3 is 1. The third kappa shape index (κ3) is 5.15. The summed E-state index contributed by atoms with van der Waals surface area (Å²) in [6, 6.07) is 13.3. The van der Waals surface area contributed by atoms with Crippen molar-refractivity contribution in [2.75, 3.05) is 19.0 Å². The molecule has 0 radical (unpaired) electrons. The lowest BCUT2D eigenvalue weighted by Crippen LogP contribution is -2.63. The largest absolute Gasteiger partial charge is 0.495 e. The Hall–Kier alpha value is -3.92. The van der Waals surface area contributed by atoms with Crippen molar-refractivity contribution < 1.29 is 23.6 Å². The summed E-state index contributed by atoms with van der Waals surface area (Å²) in [5, 5.41) is 7.12. The van der Waals surface area contributed by atoms with Crippen LogP contribution in [0.25, 0.3) is 11.4 Å². The molecule has 37 heavy (non-hydrogen) atoms. The number of hydrogen-bond acceptors (Lipinski definition) is 7. The van der Waals surface area contributed by atoms with Crippen LogP contribution in [0.15, 0.2) is 53.1 Å². The molecule has 1 aliphatic carbocycles. The van der Waals surface area contributed by atoms with Crippen LogP contribution in [0.4, 0.5) is 10.5 Å². The lowest BCUT2D eigenvalue weighted by molar-refractivity contribution is -0.142. The van der Waals surface area contributed by atoms with Crippen LogP contribution in [0.5, 0.6) is 5.75 Å². The minimum Gasteiger partial charge on any atom is -0.495 e. The normalized spacial score (nSPS) is 19.5. The van der Waals surface area contributed by atoms with Gasteiger partial charge in [-0.2, -0.15) is 4.98 Å². The van der Waals surface area contributed by atoms with Crippen molar-refractivity contribution in [2.45, 2.75) is 38.3 Å². The number of ether oxygens (including phenoxy) is 1. The van der Waals surface area contributed by atoms with E-state index in [1.165, 1.54) is 12.0 Å². The summed E-state index contributed by atoms with van der Waals surface area (Å²) in [6.45, 7) is -0.362. The van der Waals surface area contributed by atoms with Crippen molar-refractivity contribution in [3.05, 3.63) is 59.4 Å². The minimum absolute atomic E-state index is 0.145. The Morgan fingerprint density at radius 2 is 1.95 bits per heavy atom. The highest BCUT2D eigenvalue weighted by Gasteiger charge is 2.47. The molecule has 0 bridgehead atoms. The number of hydrogen-bond donors (Lipinski definition) is 1. The summed E-state index contributed by atoms with van der Waals surface area (Å²) >= 11 is 6.17. The number of carbonyl (C=O) groups excluding carboxylic acids is 3. The Morgan fingerprint density at radius 1 is 1.16 bits per heavy atom. The number of carbonyl (C=O) groups is 3. The van der Waals surface area contributed by atoms with Crippen LogP contribution in [0.2, 0.25) is 5.02 Å². The number of halogens is 1. The molecular weight excluding hydrogens is 498 g/mol. The maximum atomic E-state index is 13.5. The van der Waals surface area contributed by atoms with Gasteiger partial charge in [-0.3, -0.25) is 14.5 Å². The van der Waals surface area contributed by atoms with Crippen molar-refractivity contribution in [2.24, 2.45) is 5.92 Å². The second kappa shape index (κ2) is 10.6. The SMILES string of the molecule is COc1ccc(NC(=O)CN2C(=O)N(Cc3nc(-c4ccccc4)no3)C(=O)C3CCCCC32)cc1Cl. The van der Waals surface area contributed by atoms with Gasteiger partial charge < -0.3 is 19.5 Å². The van der Waals surface area contributed by atoms with Crippen LogP contribution in [-0.2, 0) is 16.1 Å². The van der Waals surface area contributed by atoms with Crippen LogP contribution in [0, 0.1) is 5.92 Å². The van der Waals surface area contributed by atoms with E-state index in [9.17, 15) is 14.4 Å². The van der Waals surface area contributed by atoms with E-state index in [4.69, 9.17) is 20.9 Å². The Bertz CT molecular complexity index is 1310. The molecule has 1 N–H and O–H groups in total. The van der Waals surface area contributed by atoms with Gasteiger partial charge in [0.25, 0.3) is 0 Å². The molecule has 2 unspecified atom stereocenters. The molecule has 2 fully saturated rings. The lowest BCUT2D eigenvalue weighted by Gasteiger charge is -2.46. The predicted molar refractivity (Wildman–Crippen MR) is 135 cm³/mol. The summed E-state index contributed by atoms with van der Waals surface area (Å²) in [4.78, 5) is 46.8. The fourth-order valence-corrected chi connectivity index (χ4v) is 5.21. The smallest absolute Gasteiger partial charge is 0.327 e. The van der Waals surface area contributed by atoms with Crippen molar-refractivity contribution in [1.29, 1.82) is 0 Å². The highest BCUT2D eigenvalue weighted by atomic mass is 35.5. The number of rotatable bonds is 7. The molecule has 2 atom stereocenters. The second-order valence-corrected chi connectivity index (χ2v) is 9.48. The summed E-state index contributed by atoms with van der Waals surface area (Å²) in [5.41, 5.74) is 1.24. The van der Waals surface area contributed by atoms with E-state index in [-0.39, 0.29) is 36.8 Å². The van der Waals surface area contributed by atoms with Gasteiger partial charge in [0.1, 0.15) is 18.8 Å². The van der Waals surface area contributed by atoms with E-state index in [1.807, 2.05) is 30.3 Å². The van der Waals surface area contributed by atoms with E-state index < -0.39 is 11.9 Å². The maximum Gasteiger partial charge on any atom is 0.327 e. The lowest BCUT2D eigenvalue weighted by atomic mass is 9.81. The highest BCUT2D eigenvalue weighted by Crippen LogP contribution is 2.35. The quantitative estimate of drug-likeness (QED) is 0.488. The predicted octanol–water partition coefficient (Wildman–Crippen LogP) is 4.36. The maximum absolute atomic E-state index is 13.5. The zero-order valence-corrected chi connectivity index (χ0v) is 21.0. The Morgan fingerprint density at radius 3 is 2.70 bits per heavy atom. The molecule has 10 nitrogen and oxygen atoms in total. The third-order valence-electron chi connectivity index (χ3n) is 6.73. The van der Waals surface area contributed by atoms with Gasteiger partial charge in [0, 0.05) is 17.3 Å². The van der Waals surface area contributed by atoms with E-state index >= 15 is 0 Å². The first-order chi connectivity index (χ1) is 17.9. The topological polar surface area (TPSA) is 118 Å². The molecule has 1 saturated heterocycles. The first-order valence-corrected chi connectivity index (χ1v) is 12.5. The summed E-state index contributed by atoms with van der Waals surface area (Å²) in [6.07, 6.45) is 3.09. The molecule has 2 heterocycles. The van der Waals surface area contributed by atoms with E-state index in [0.29, 0.717) is 35.1 Å². The molecule has 1 aliphatic heterocycles. The van der Waals surface area contributed by atoms with Crippen LogP contribution >= 0.6 is 11.6 Å². The molecule has 1 saturated carbocycles. The minimum atomic E-state index is -0.546. The zero-order chi connectivity index (χ0) is 25.9. The summed E-state index contributed by atoms with van der Waals surface area (Å²) < 4.78 is 10.5. The number of aromatic nitrogens is 2. The molecular formula is C26H26ClN5O5. The first kappa shape index (κ1) is 24.8. The zero-order valence-electron chi connectivity index (χ0n) is 20.2. The van der Waals surface area contributed by atoms with Gasteiger partial charge >= 0.3 is 6.03 Å². The molecule has 3 aromatic rings. The fourth-order valence-electron chi connectivity index (χ4n) is 4.95. The molecule has 192 valence electrons. The van der Waals surface area contributed by atoms with Crippen molar-refractivity contribution in [3.8, 4) is 17.1 Å². The number of imide groups is 1. The van der Waals surface area contributed by atoms with Crippen molar-refractivity contribution in [3.63, 3.8) is 0 Å². The number of nitrogens with one attached hydrogen (secondary N) is 1. The number of benzene rings is 2. The average Bonchev–Trinajstić information content (AvgIpc) is 3.38. The molecule has 2 aromatic carbocycles. The summed E-state index contributed by atoms with van der Waals surface area (Å²) in [5.74, 6) is -0.0395. The van der Waals surface area contributed by atoms with Crippen molar-refractivity contribution >= 4 is 35.1 Å². The number of nitrogens with zero attached hydrogens (tertiary/aromatic N) is 4. The molecule has 4 amide bonds. The van der Waals surface area contributed by atoms with E-state index in [0.717, 1.165) is 23.3 Å². The van der Waals surface area contributed by atoms with Gasteiger partial charge in [-0.05, 0) is 31.0 Å². The van der Waals surface area contributed by atoms with Gasteiger partial charge in [-0.25, -0.2) is 4.79 Å². The molecule has 5 rings (SSSR count). The van der Waals surface area contributed by atoms with Gasteiger partial charge in [0.05, 0.1) is 18.1 Å². The Kier molecular flexibility index (Phi) is 7.09. The molecule has 1 aromatic heterocycles. The number of anilines is 1. The summed E-state index contributed by atoms with van der Waals surface area (Å²) in [7, 11) is 1.51. The molecule has 0 spiro atoms. The number of urea groups is 1. The standard InChI is InChI=1S/C26H26ClN5O5/c1-36-21-12-11-17(13-19(21)27)28-22(33)14-31-20-10-6-5-9-18(20)25(34)32(26(31)35)15-23-29-24(30-37-23)16-7-3-2-4-8-16/h2-4,7-8,11-13,18,20H,5-6,9-10,14-15H2,1H3,(H,28,33). The monoisotopic (exact) mass is 523 g/mol. The molecule has 11 heteroatoms. The average molecular weight is 524 g/mol. The van der Waals surface area contributed by atoms with E-state index in [1.54, 1.807) is 18.2 Å². The second-order valence-electron chi connectivity index (χ2n) is 9.07. The van der Waals surface area contributed by atoms with Gasteiger partial charge in [0.2, 0.25) is 23.5 Å². The first-order valence-electron chi connectivity index (χ1n) is 12.1. The number of amides is 4. The van der Waals surface area contributed by atoms with Crippen molar-refractivity contribution in [1.82, 2.24) is 19.9 Å².